The summed E-state index contributed by atoms with van der Waals surface area (Å²) in [5, 5.41) is 0. The zero-order valence-corrected chi connectivity index (χ0v) is 11.2. The molecule has 2 heterocycles. The number of rotatable bonds is 2. The maximum Gasteiger partial charge on any atom is 0.0716 e. The minimum Gasteiger partial charge on any atom is -0.380 e. The summed E-state index contributed by atoms with van der Waals surface area (Å²) in [6.07, 6.45) is 4.03. The average Bonchev–Trinajstić information content (AvgIpc) is 2.52. The molecule has 2 nitrogen and oxygen atoms in total. The molecule has 0 unspecified atom stereocenters. The van der Waals surface area contributed by atoms with E-state index in [1.165, 1.54) is 24.8 Å². The van der Waals surface area contributed by atoms with Crippen LogP contribution in [0.5, 0.6) is 0 Å². The molecule has 92 valence electrons. The summed E-state index contributed by atoms with van der Waals surface area (Å²) in [6.45, 7) is 13.4. The second-order valence-corrected chi connectivity index (χ2v) is 6.83. The SMILES string of the molecule is C=C1CN2C[C@H](OC)C[C@]2(CC(C)(C)C)C1. The molecule has 16 heavy (non-hydrogen) atoms. The van der Waals surface area contributed by atoms with Crippen LogP contribution in [0.25, 0.3) is 0 Å². The van der Waals surface area contributed by atoms with Crippen LogP contribution in [0, 0.1) is 5.41 Å². The number of ether oxygens (including phenoxy) is 1. The van der Waals surface area contributed by atoms with Crippen molar-refractivity contribution in [3.63, 3.8) is 0 Å². The standard InChI is InChI=1S/C14H25NO/c1-11-6-14(10-13(2,3)4)7-12(16-5)9-15(14)8-11/h12H,1,6-10H2,2-5H3/t12-,14+/m1/s1. The topological polar surface area (TPSA) is 12.5 Å². The number of hydrogen-bond acceptors (Lipinski definition) is 2. The van der Waals surface area contributed by atoms with E-state index in [9.17, 15) is 0 Å². The van der Waals surface area contributed by atoms with E-state index >= 15 is 0 Å². The third-order valence-electron chi connectivity index (χ3n) is 3.89. The normalized spacial score (nSPS) is 35.8. The Bertz CT molecular complexity index is 292. The zero-order valence-electron chi connectivity index (χ0n) is 11.2. The van der Waals surface area contributed by atoms with Gasteiger partial charge in [0.25, 0.3) is 0 Å². The Labute approximate surface area is 99.7 Å². The fourth-order valence-electron chi connectivity index (χ4n) is 3.66. The molecule has 0 aromatic carbocycles. The summed E-state index contributed by atoms with van der Waals surface area (Å²) >= 11 is 0. The molecule has 0 aliphatic carbocycles. The molecule has 2 heteroatoms. The summed E-state index contributed by atoms with van der Waals surface area (Å²) in [6, 6.07) is 0. The highest BCUT2D eigenvalue weighted by Gasteiger charge is 2.50. The minimum atomic E-state index is 0.343. The summed E-state index contributed by atoms with van der Waals surface area (Å²) in [4.78, 5) is 2.61. The first-order chi connectivity index (χ1) is 7.35. The molecule has 0 N–H and O–H groups in total. The summed E-state index contributed by atoms with van der Waals surface area (Å²) in [5.74, 6) is 0. The van der Waals surface area contributed by atoms with Gasteiger partial charge in [-0.2, -0.15) is 0 Å². The summed E-state index contributed by atoms with van der Waals surface area (Å²) < 4.78 is 5.55. The van der Waals surface area contributed by atoms with Crippen LogP contribution in [0.1, 0.15) is 40.0 Å². The predicted octanol–water partition coefficient (Wildman–Crippen LogP) is 2.84. The van der Waals surface area contributed by atoms with E-state index in [0.717, 1.165) is 13.1 Å². The molecule has 0 aromatic rings. The van der Waals surface area contributed by atoms with Gasteiger partial charge in [-0.15, -0.1) is 0 Å². The molecule has 2 fully saturated rings. The van der Waals surface area contributed by atoms with Gasteiger partial charge >= 0.3 is 0 Å². The van der Waals surface area contributed by atoms with E-state index in [2.05, 4.69) is 32.3 Å². The Balaban J connectivity index is 2.17. The van der Waals surface area contributed by atoms with Gasteiger partial charge in [0.1, 0.15) is 0 Å². The fraction of sp³-hybridized carbons (Fsp3) is 0.857. The van der Waals surface area contributed by atoms with Gasteiger partial charge in [0.15, 0.2) is 0 Å². The number of nitrogens with zero attached hydrogens (tertiary/aromatic N) is 1. The lowest BCUT2D eigenvalue weighted by Gasteiger charge is -2.37. The minimum absolute atomic E-state index is 0.343. The van der Waals surface area contributed by atoms with Crippen molar-refractivity contribution in [2.75, 3.05) is 20.2 Å². The van der Waals surface area contributed by atoms with Crippen LogP contribution in [-0.4, -0.2) is 36.7 Å². The van der Waals surface area contributed by atoms with Gasteiger partial charge in [-0.3, -0.25) is 4.90 Å². The Morgan fingerprint density at radius 2 is 2.19 bits per heavy atom. The van der Waals surface area contributed by atoms with Gasteiger partial charge in [0.2, 0.25) is 0 Å². The molecule has 0 saturated carbocycles. The first-order valence-electron chi connectivity index (χ1n) is 6.29. The van der Waals surface area contributed by atoms with E-state index in [-0.39, 0.29) is 0 Å². The molecule has 0 spiro atoms. The largest absolute Gasteiger partial charge is 0.380 e. The lowest BCUT2D eigenvalue weighted by molar-refractivity contribution is 0.107. The van der Waals surface area contributed by atoms with Crippen LogP contribution in [0.3, 0.4) is 0 Å². The molecular weight excluding hydrogens is 198 g/mol. The van der Waals surface area contributed by atoms with Crippen molar-refractivity contribution in [3.8, 4) is 0 Å². The third-order valence-corrected chi connectivity index (χ3v) is 3.89. The molecule has 0 aromatic heterocycles. The molecule has 0 bridgehead atoms. The Hall–Kier alpha value is -0.340. The molecule has 0 amide bonds. The van der Waals surface area contributed by atoms with Gasteiger partial charge in [0, 0.05) is 25.7 Å². The van der Waals surface area contributed by atoms with Crippen molar-refractivity contribution in [1.82, 2.24) is 4.90 Å². The van der Waals surface area contributed by atoms with E-state index < -0.39 is 0 Å². The Morgan fingerprint density at radius 1 is 1.50 bits per heavy atom. The molecule has 0 radical (unpaired) electrons. The quantitative estimate of drug-likeness (QED) is 0.667. The van der Waals surface area contributed by atoms with Crippen molar-refractivity contribution in [2.24, 2.45) is 5.41 Å². The first kappa shape index (κ1) is 12.1. The van der Waals surface area contributed by atoms with Crippen molar-refractivity contribution < 1.29 is 4.74 Å². The summed E-state index contributed by atoms with van der Waals surface area (Å²) in [5.41, 5.74) is 2.13. The first-order valence-corrected chi connectivity index (χ1v) is 6.29. The highest BCUT2D eigenvalue weighted by molar-refractivity contribution is 5.19. The second-order valence-electron chi connectivity index (χ2n) is 6.83. The number of methoxy groups -OCH3 is 1. The monoisotopic (exact) mass is 223 g/mol. The highest BCUT2D eigenvalue weighted by Crippen LogP contribution is 2.47. The fourth-order valence-corrected chi connectivity index (χ4v) is 3.66. The maximum absolute atomic E-state index is 5.55. The number of fused-ring (bicyclic) bond motifs is 1. The lowest BCUT2D eigenvalue weighted by atomic mass is 9.77. The highest BCUT2D eigenvalue weighted by atomic mass is 16.5. The van der Waals surface area contributed by atoms with E-state index in [4.69, 9.17) is 4.74 Å². The van der Waals surface area contributed by atoms with Gasteiger partial charge in [0.05, 0.1) is 6.10 Å². The van der Waals surface area contributed by atoms with Crippen molar-refractivity contribution >= 4 is 0 Å². The summed E-state index contributed by atoms with van der Waals surface area (Å²) in [7, 11) is 1.84. The molecule has 2 aliphatic heterocycles. The van der Waals surface area contributed by atoms with Gasteiger partial charge in [-0.1, -0.05) is 32.9 Å². The smallest absolute Gasteiger partial charge is 0.0716 e. The Kier molecular flexibility index (Phi) is 2.92. The van der Waals surface area contributed by atoms with Crippen LogP contribution >= 0.6 is 0 Å². The molecule has 2 atom stereocenters. The van der Waals surface area contributed by atoms with Gasteiger partial charge in [-0.05, 0) is 24.7 Å². The van der Waals surface area contributed by atoms with Crippen LogP contribution in [0.15, 0.2) is 12.2 Å². The van der Waals surface area contributed by atoms with Crippen LogP contribution in [0.4, 0.5) is 0 Å². The van der Waals surface area contributed by atoms with Crippen molar-refractivity contribution in [2.45, 2.75) is 51.7 Å². The van der Waals surface area contributed by atoms with E-state index in [1.54, 1.807) is 0 Å². The predicted molar refractivity (Wildman–Crippen MR) is 67.5 cm³/mol. The average molecular weight is 223 g/mol. The second kappa shape index (κ2) is 3.85. The van der Waals surface area contributed by atoms with Gasteiger partial charge in [-0.25, -0.2) is 0 Å². The van der Waals surface area contributed by atoms with Crippen molar-refractivity contribution in [1.29, 1.82) is 0 Å². The van der Waals surface area contributed by atoms with E-state index in [1.807, 2.05) is 7.11 Å². The van der Waals surface area contributed by atoms with Gasteiger partial charge < -0.3 is 4.74 Å². The molecule has 2 saturated heterocycles. The maximum atomic E-state index is 5.55. The van der Waals surface area contributed by atoms with Crippen LogP contribution < -0.4 is 0 Å². The third kappa shape index (κ3) is 2.18. The number of hydrogen-bond donors (Lipinski definition) is 0. The van der Waals surface area contributed by atoms with Crippen molar-refractivity contribution in [3.05, 3.63) is 12.2 Å². The van der Waals surface area contributed by atoms with Crippen LogP contribution in [0.2, 0.25) is 0 Å². The molecular formula is C14H25NO. The van der Waals surface area contributed by atoms with E-state index in [0.29, 0.717) is 17.1 Å². The Morgan fingerprint density at radius 3 is 2.75 bits per heavy atom. The zero-order chi connectivity index (χ0) is 12.0. The molecule has 2 rings (SSSR count). The molecule has 2 aliphatic rings. The lowest BCUT2D eigenvalue weighted by Crippen LogP contribution is -2.41. The van der Waals surface area contributed by atoms with Crippen LogP contribution in [-0.2, 0) is 4.74 Å².